The number of anilines is 1. The SMILES string of the molecule is Clc1nc(NCc2ccccc2)cc(C2CC2)n1. The lowest BCUT2D eigenvalue weighted by atomic mass is 10.2. The van der Waals surface area contributed by atoms with Gasteiger partial charge in [-0.2, -0.15) is 0 Å². The summed E-state index contributed by atoms with van der Waals surface area (Å²) in [7, 11) is 0. The first-order chi connectivity index (χ1) is 8.81. The van der Waals surface area contributed by atoms with Crippen LogP contribution in [0.4, 0.5) is 5.82 Å². The average molecular weight is 260 g/mol. The van der Waals surface area contributed by atoms with Crippen LogP contribution in [0.3, 0.4) is 0 Å². The number of nitrogens with one attached hydrogen (secondary N) is 1. The van der Waals surface area contributed by atoms with Gasteiger partial charge in [-0.05, 0) is 30.0 Å². The van der Waals surface area contributed by atoms with Gasteiger partial charge in [0.1, 0.15) is 5.82 Å². The van der Waals surface area contributed by atoms with E-state index in [-0.39, 0.29) is 0 Å². The minimum atomic E-state index is 0.329. The van der Waals surface area contributed by atoms with E-state index in [9.17, 15) is 0 Å². The molecule has 0 spiro atoms. The van der Waals surface area contributed by atoms with Gasteiger partial charge in [-0.15, -0.1) is 0 Å². The maximum absolute atomic E-state index is 5.94. The summed E-state index contributed by atoms with van der Waals surface area (Å²) < 4.78 is 0. The molecule has 0 aliphatic heterocycles. The summed E-state index contributed by atoms with van der Waals surface area (Å²) in [6.07, 6.45) is 2.43. The Morgan fingerprint density at radius 3 is 2.67 bits per heavy atom. The van der Waals surface area contributed by atoms with Crippen LogP contribution >= 0.6 is 11.6 Å². The molecule has 0 saturated heterocycles. The predicted octanol–water partition coefficient (Wildman–Crippen LogP) is 3.62. The minimum Gasteiger partial charge on any atom is -0.366 e. The summed E-state index contributed by atoms with van der Waals surface area (Å²) in [5.74, 6) is 1.39. The number of benzene rings is 1. The minimum absolute atomic E-state index is 0.329. The first kappa shape index (κ1) is 11.5. The van der Waals surface area contributed by atoms with E-state index in [1.165, 1.54) is 18.4 Å². The standard InChI is InChI=1S/C14H14ClN3/c15-14-17-12(11-6-7-11)8-13(18-14)16-9-10-4-2-1-3-5-10/h1-5,8,11H,6-7,9H2,(H,16,17,18). The Bertz CT molecular complexity index is 538. The van der Waals surface area contributed by atoms with Gasteiger partial charge in [0.05, 0.1) is 5.69 Å². The van der Waals surface area contributed by atoms with Crippen LogP contribution in [-0.2, 0) is 6.54 Å². The molecule has 0 amide bonds. The highest BCUT2D eigenvalue weighted by atomic mass is 35.5. The number of aromatic nitrogens is 2. The van der Waals surface area contributed by atoms with Crippen molar-refractivity contribution in [2.24, 2.45) is 0 Å². The van der Waals surface area contributed by atoms with Gasteiger partial charge in [-0.1, -0.05) is 30.3 Å². The fourth-order valence-corrected chi connectivity index (χ4v) is 2.09. The van der Waals surface area contributed by atoms with E-state index < -0.39 is 0 Å². The Morgan fingerprint density at radius 1 is 1.17 bits per heavy atom. The molecule has 1 aliphatic rings. The van der Waals surface area contributed by atoms with Crippen LogP contribution in [0.25, 0.3) is 0 Å². The van der Waals surface area contributed by atoms with Gasteiger partial charge >= 0.3 is 0 Å². The monoisotopic (exact) mass is 259 g/mol. The first-order valence-electron chi connectivity index (χ1n) is 6.13. The van der Waals surface area contributed by atoms with Gasteiger partial charge < -0.3 is 5.32 Å². The third-order valence-electron chi connectivity index (χ3n) is 3.03. The van der Waals surface area contributed by atoms with Gasteiger partial charge in [0.15, 0.2) is 0 Å². The molecule has 3 nitrogen and oxygen atoms in total. The molecule has 18 heavy (non-hydrogen) atoms. The van der Waals surface area contributed by atoms with Crippen molar-refractivity contribution in [3.05, 3.63) is 52.9 Å². The summed E-state index contributed by atoms with van der Waals surface area (Å²) in [6, 6.07) is 12.2. The highest BCUT2D eigenvalue weighted by molar-refractivity contribution is 6.28. The van der Waals surface area contributed by atoms with Crippen molar-refractivity contribution in [1.82, 2.24) is 9.97 Å². The second kappa shape index (κ2) is 4.94. The van der Waals surface area contributed by atoms with Gasteiger partial charge in [0.25, 0.3) is 0 Å². The zero-order valence-corrected chi connectivity index (χ0v) is 10.7. The van der Waals surface area contributed by atoms with Crippen molar-refractivity contribution in [1.29, 1.82) is 0 Å². The second-order valence-corrected chi connectivity index (χ2v) is 4.90. The van der Waals surface area contributed by atoms with E-state index in [1.807, 2.05) is 24.3 Å². The van der Waals surface area contributed by atoms with E-state index in [0.29, 0.717) is 11.2 Å². The lowest BCUT2D eigenvalue weighted by Crippen LogP contribution is -2.03. The topological polar surface area (TPSA) is 37.8 Å². The predicted molar refractivity (Wildman–Crippen MR) is 72.8 cm³/mol. The second-order valence-electron chi connectivity index (χ2n) is 4.56. The van der Waals surface area contributed by atoms with Crippen molar-refractivity contribution >= 4 is 17.4 Å². The fraction of sp³-hybridized carbons (Fsp3) is 0.286. The lowest BCUT2D eigenvalue weighted by Gasteiger charge is -2.07. The first-order valence-corrected chi connectivity index (χ1v) is 6.51. The van der Waals surface area contributed by atoms with Gasteiger partial charge in [-0.3, -0.25) is 0 Å². The summed E-state index contributed by atoms with van der Waals surface area (Å²) in [5.41, 5.74) is 2.28. The summed E-state index contributed by atoms with van der Waals surface area (Å²) >= 11 is 5.94. The molecule has 92 valence electrons. The molecule has 2 aromatic rings. The third-order valence-corrected chi connectivity index (χ3v) is 3.20. The van der Waals surface area contributed by atoms with Crippen LogP contribution in [-0.4, -0.2) is 9.97 Å². The smallest absolute Gasteiger partial charge is 0.224 e. The molecule has 1 heterocycles. The molecule has 0 unspecified atom stereocenters. The van der Waals surface area contributed by atoms with Gasteiger partial charge in [0.2, 0.25) is 5.28 Å². The maximum atomic E-state index is 5.94. The molecule has 1 aromatic carbocycles. The van der Waals surface area contributed by atoms with Crippen LogP contribution in [0.2, 0.25) is 5.28 Å². The summed E-state index contributed by atoms with van der Waals surface area (Å²) in [6.45, 7) is 0.748. The zero-order valence-electron chi connectivity index (χ0n) is 9.94. The van der Waals surface area contributed by atoms with Crippen molar-refractivity contribution in [3.8, 4) is 0 Å². The lowest BCUT2D eigenvalue weighted by molar-refractivity contribution is 0.978. The highest BCUT2D eigenvalue weighted by Gasteiger charge is 2.25. The average Bonchev–Trinajstić information content (AvgIpc) is 3.21. The Kier molecular flexibility index (Phi) is 3.15. The summed E-state index contributed by atoms with van der Waals surface area (Å²) in [4.78, 5) is 8.47. The quantitative estimate of drug-likeness (QED) is 0.853. The third kappa shape index (κ3) is 2.79. The van der Waals surface area contributed by atoms with Crippen LogP contribution in [0.1, 0.15) is 30.0 Å². The van der Waals surface area contributed by atoms with Crippen molar-refractivity contribution in [2.45, 2.75) is 25.3 Å². The van der Waals surface area contributed by atoms with Crippen molar-refractivity contribution in [2.75, 3.05) is 5.32 Å². The molecule has 1 fully saturated rings. The van der Waals surface area contributed by atoms with E-state index in [1.54, 1.807) is 0 Å². The number of hydrogen-bond acceptors (Lipinski definition) is 3. The maximum Gasteiger partial charge on any atom is 0.224 e. The molecule has 1 aromatic heterocycles. The van der Waals surface area contributed by atoms with Crippen LogP contribution in [0.5, 0.6) is 0 Å². The number of hydrogen-bond donors (Lipinski definition) is 1. The normalized spacial score (nSPS) is 14.5. The summed E-state index contributed by atoms with van der Waals surface area (Å²) in [5, 5.41) is 3.62. The molecule has 1 saturated carbocycles. The van der Waals surface area contributed by atoms with Crippen LogP contribution < -0.4 is 5.32 Å². The van der Waals surface area contributed by atoms with Crippen LogP contribution in [0, 0.1) is 0 Å². The number of rotatable bonds is 4. The molecule has 3 rings (SSSR count). The molecular formula is C14H14ClN3. The molecule has 4 heteroatoms. The highest BCUT2D eigenvalue weighted by Crippen LogP contribution is 2.39. The Labute approximate surface area is 111 Å². The molecule has 0 radical (unpaired) electrons. The van der Waals surface area contributed by atoms with Gasteiger partial charge in [-0.25, -0.2) is 9.97 Å². The van der Waals surface area contributed by atoms with E-state index in [0.717, 1.165) is 18.1 Å². The van der Waals surface area contributed by atoms with Crippen LogP contribution in [0.15, 0.2) is 36.4 Å². The fourth-order valence-electron chi connectivity index (χ4n) is 1.90. The largest absolute Gasteiger partial charge is 0.366 e. The molecule has 0 atom stereocenters. The van der Waals surface area contributed by atoms with E-state index in [4.69, 9.17) is 11.6 Å². The van der Waals surface area contributed by atoms with Crippen molar-refractivity contribution < 1.29 is 0 Å². The Morgan fingerprint density at radius 2 is 1.94 bits per heavy atom. The molecule has 1 aliphatic carbocycles. The van der Waals surface area contributed by atoms with E-state index >= 15 is 0 Å². The molecule has 0 bridgehead atoms. The molecule has 1 N–H and O–H groups in total. The molecular weight excluding hydrogens is 246 g/mol. The zero-order chi connectivity index (χ0) is 12.4. The number of nitrogens with zero attached hydrogens (tertiary/aromatic N) is 2. The van der Waals surface area contributed by atoms with Crippen molar-refractivity contribution in [3.63, 3.8) is 0 Å². The van der Waals surface area contributed by atoms with Gasteiger partial charge in [0, 0.05) is 18.5 Å². The van der Waals surface area contributed by atoms with E-state index in [2.05, 4.69) is 27.4 Å². The Hall–Kier alpha value is -1.61. The Balaban J connectivity index is 1.72. The number of halogens is 1.